The van der Waals surface area contributed by atoms with Crippen LogP contribution in [0.15, 0.2) is 48.5 Å². The average Bonchev–Trinajstić information content (AvgIpc) is 3.08. The van der Waals surface area contributed by atoms with Crippen molar-refractivity contribution in [3.05, 3.63) is 59.7 Å². The molecule has 186 valence electrons. The summed E-state index contributed by atoms with van der Waals surface area (Å²) >= 11 is 0. The first-order valence-corrected chi connectivity index (χ1v) is 12.5. The van der Waals surface area contributed by atoms with E-state index < -0.39 is 5.54 Å². The van der Waals surface area contributed by atoms with E-state index in [1.54, 1.807) is 4.90 Å². The first-order valence-electron chi connectivity index (χ1n) is 12.5. The number of nitrogens with zero attached hydrogens (tertiary/aromatic N) is 3. The Morgan fingerprint density at radius 2 is 1.69 bits per heavy atom. The van der Waals surface area contributed by atoms with Crippen molar-refractivity contribution >= 4 is 29.1 Å². The van der Waals surface area contributed by atoms with Crippen molar-refractivity contribution in [2.45, 2.75) is 52.5 Å². The first-order chi connectivity index (χ1) is 16.7. The van der Waals surface area contributed by atoms with E-state index in [0.717, 1.165) is 22.5 Å². The molecule has 0 unspecified atom stereocenters. The van der Waals surface area contributed by atoms with Gasteiger partial charge in [0.15, 0.2) is 0 Å². The Hall–Kier alpha value is -3.35. The molecule has 0 aromatic heterocycles. The maximum atomic E-state index is 13.8. The summed E-state index contributed by atoms with van der Waals surface area (Å²) in [6.45, 7) is 9.56. The van der Waals surface area contributed by atoms with Crippen LogP contribution in [0.4, 0.5) is 11.4 Å². The third-order valence-corrected chi connectivity index (χ3v) is 7.23. The molecular weight excluding hydrogens is 440 g/mol. The largest absolute Gasteiger partial charge is 0.342 e. The molecule has 2 saturated heterocycles. The summed E-state index contributed by atoms with van der Waals surface area (Å²) in [6.07, 6.45) is 1.63. The summed E-state index contributed by atoms with van der Waals surface area (Å²) in [4.78, 5) is 45.0. The van der Waals surface area contributed by atoms with Crippen LogP contribution >= 0.6 is 0 Å². The highest BCUT2D eigenvalue weighted by molar-refractivity contribution is 5.99. The van der Waals surface area contributed by atoms with E-state index in [-0.39, 0.29) is 24.3 Å². The van der Waals surface area contributed by atoms with Crippen LogP contribution in [-0.2, 0) is 14.4 Å². The number of benzene rings is 2. The summed E-state index contributed by atoms with van der Waals surface area (Å²) in [5.74, 6) is 0.207. The zero-order chi connectivity index (χ0) is 25.2. The number of aryl methyl sites for hydroxylation is 2. The minimum Gasteiger partial charge on any atom is -0.342 e. The fourth-order valence-corrected chi connectivity index (χ4v) is 5.12. The van der Waals surface area contributed by atoms with Crippen LogP contribution < -0.4 is 10.2 Å². The van der Waals surface area contributed by atoms with Gasteiger partial charge < -0.3 is 20.0 Å². The SMILES string of the molecule is Cc1ccc(NC(=O)CN2CN(c3ccccc3)C3(CCN(C(=O)CC(C)C)CC3)C2=O)cc1C. The van der Waals surface area contributed by atoms with Gasteiger partial charge in [-0.3, -0.25) is 14.4 Å². The quantitative estimate of drug-likeness (QED) is 0.685. The first kappa shape index (κ1) is 24.8. The summed E-state index contributed by atoms with van der Waals surface area (Å²) < 4.78 is 0. The molecule has 2 aliphatic rings. The maximum absolute atomic E-state index is 13.8. The standard InChI is InChI=1S/C28H36N4O3/c1-20(2)16-26(34)30-14-12-28(13-15-30)27(35)31(19-32(28)24-8-6-5-7-9-24)18-25(33)29-23-11-10-21(3)22(4)17-23/h5-11,17,20H,12-16,18-19H2,1-4H3,(H,29,33). The molecule has 3 amide bonds. The number of piperidine rings is 1. The van der Waals surface area contributed by atoms with Crippen molar-refractivity contribution in [3.63, 3.8) is 0 Å². The Labute approximate surface area is 208 Å². The Balaban J connectivity index is 1.51. The molecule has 35 heavy (non-hydrogen) atoms. The van der Waals surface area contributed by atoms with Gasteiger partial charge in [0.05, 0.1) is 6.67 Å². The van der Waals surface area contributed by atoms with E-state index in [4.69, 9.17) is 0 Å². The van der Waals surface area contributed by atoms with Gasteiger partial charge in [0.1, 0.15) is 12.1 Å². The fraction of sp³-hybridized carbons (Fsp3) is 0.464. The minimum absolute atomic E-state index is 0.00711. The summed E-state index contributed by atoms with van der Waals surface area (Å²) in [6, 6.07) is 15.7. The molecule has 1 spiro atoms. The predicted molar refractivity (Wildman–Crippen MR) is 138 cm³/mol. The normalized spacial score (nSPS) is 17.4. The molecule has 4 rings (SSSR count). The number of likely N-dealkylation sites (tertiary alicyclic amines) is 1. The number of nitrogens with one attached hydrogen (secondary N) is 1. The number of amides is 3. The molecule has 2 aliphatic heterocycles. The highest BCUT2D eigenvalue weighted by Crippen LogP contribution is 2.39. The zero-order valence-electron chi connectivity index (χ0n) is 21.2. The van der Waals surface area contributed by atoms with Crippen LogP contribution in [-0.4, -0.2) is 59.4 Å². The third kappa shape index (κ3) is 5.19. The van der Waals surface area contributed by atoms with Crippen molar-refractivity contribution in [1.82, 2.24) is 9.80 Å². The molecule has 2 aromatic rings. The van der Waals surface area contributed by atoms with Gasteiger partial charge in [-0.1, -0.05) is 38.1 Å². The summed E-state index contributed by atoms with van der Waals surface area (Å²) in [5.41, 5.74) is 3.22. The summed E-state index contributed by atoms with van der Waals surface area (Å²) in [7, 11) is 0. The average molecular weight is 477 g/mol. The zero-order valence-corrected chi connectivity index (χ0v) is 21.2. The number of rotatable bonds is 6. The van der Waals surface area contributed by atoms with Crippen molar-refractivity contribution in [2.24, 2.45) is 5.92 Å². The monoisotopic (exact) mass is 476 g/mol. The number of hydrogen-bond acceptors (Lipinski definition) is 4. The predicted octanol–water partition coefficient (Wildman–Crippen LogP) is 3.96. The Bertz CT molecular complexity index is 1090. The van der Waals surface area contributed by atoms with Gasteiger partial charge in [-0.2, -0.15) is 0 Å². The van der Waals surface area contributed by atoms with Crippen molar-refractivity contribution in [3.8, 4) is 0 Å². The molecule has 0 bridgehead atoms. The molecule has 7 nitrogen and oxygen atoms in total. The number of carbonyl (C=O) groups is 3. The lowest BCUT2D eigenvalue weighted by Gasteiger charge is -2.43. The van der Waals surface area contributed by atoms with Crippen LogP contribution in [0.3, 0.4) is 0 Å². The van der Waals surface area contributed by atoms with Gasteiger partial charge in [-0.15, -0.1) is 0 Å². The van der Waals surface area contributed by atoms with Crippen molar-refractivity contribution < 1.29 is 14.4 Å². The molecule has 0 radical (unpaired) electrons. The van der Waals surface area contributed by atoms with E-state index in [1.165, 1.54) is 0 Å². The van der Waals surface area contributed by atoms with E-state index in [0.29, 0.717) is 44.9 Å². The lowest BCUT2D eigenvalue weighted by molar-refractivity contribution is -0.139. The van der Waals surface area contributed by atoms with E-state index in [9.17, 15) is 14.4 Å². The summed E-state index contributed by atoms with van der Waals surface area (Å²) in [5, 5.41) is 2.94. The van der Waals surface area contributed by atoms with Crippen LogP contribution in [0, 0.1) is 19.8 Å². The number of carbonyl (C=O) groups excluding carboxylic acids is 3. The number of hydrogen-bond donors (Lipinski definition) is 1. The highest BCUT2D eigenvalue weighted by Gasteiger charge is 2.54. The lowest BCUT2D eigenvalue weighted by Crippen LogP contribution is -2.57. The molecule has 2 fully saturated rings. The van der Waals surface area contributed by atoms with E-state index in [2.05, 4.69) is 10.2 Å². The molecule has 2 aromatic carbocycles. The van der Waals surface area contributed by atoms with Crippen LogP contribution in [0.5, 0.6) is 0 Å². The van der Waals surface area contributed by atoms with Gasteiger partial charge in [0, 0.05) is 30.9 Å². The van der Waals surface area contributed by atoms with Crippen LogP contribution in [0.1, 0.15) is 44.2 Å². The van der Waals surface area contributed by atoms with Gasteiger partial charge in [0.2, 0.25) is 11.8 Å². The van der Waals surface area contributed by atoms with Gasteiger partial charge >= 0.3 is 0 Å². The molecule has 0 atom stereocenters. The Morgan fingerprint density at radius 1 is 1.00 bits per heavy atom. The molecule has 2 heterocycles. The Morgan fingerprint density at radius 3 is 2.31 bits per heavy atom. The highest BCUT2D eigenvalue weighted by atomic mass is 16.2. The minimum atomic E-state index is -0.739. The second-order valence-corrected chi connectivity index (χ2v) is 10.3. The van der Waals surface area contributed by atoms with Crippen molar-refractivity contribution in [1.29, 1.82) is 0 Å². The topological polar surface area (TPSA) is 73.0 Å². The smallest absolute Gasteiger partial charge is 0.250 e. The molecule has 0 aliphatic carbocycles. The van der Waals surface area contributed by atoms with E-state index in [1.807, 2.05) is 81.1 Å². The molecule has 1 N–H and O–H groups in total. The maximum Gasteiger partial charge on any atom is 0.250 e. The van der Waals surface area contributed by atoms with Gasteiger partial charge in [-0.05, 0) is 68.0 Å². The molecular formula is C28H36N4O3. The number of para-hydroxylation sites is 1. The van der Waals surface area contributed by atoms with Crippen molar-refractivity contribution in [2.75, 3.05) is 36.5 Å². The third-order valence-electron chi connectivity index (χ3n) is 7.23. The second kappa shape index (κ2) is 10.1. The van der Waals surface area contributed by atoms with Crippen LogP contribution in [0.2, 0.25) is 0 Å². The molecule has 7 heteroatoms. The van der Waals surface area contributed by atoms with E-state index >= 15 is 0 Å². The van der Waals surface area contributed by atoms with Gasteiger partial charge in [-0.25, -0.2) is 0 Å². The molecule has 0 saturated carbocycles. The fourth-order valence-electron chi connectivity index (χ4n) is 5.12. The Kier molecular flexibility index (Phi) is 7.15. The number of anilines is 2. The lowest BCUT2D eigenvalue weighted by atomic mass is 9.85. The van der Waals surface area contributed by atoms with Crippen LogP contribution in [0.25, 0.3) is 0 Å². The second-order valence-electron chi connectivity index (χ2n) is 10.3. The van der Waals surface area contributed by atoms with Gasteiger partial charge in [0.25, 0.3) is 5.91 Å².